The molecular formula is C21H24F2N4O3. The first-order chi connectivity index (χ1) is 14.4. The van der Waals surface area contributed by atoms with Crippen molar-refractivity contribution in [3.8, 4) is 5.88 Å². The summed E-state index contributed by atoms with van der Waals surface area (Å²) in [6.07, 6.45) is 2.70. The van der Waals surface area contributed by atoms with E-state index >= 15 is 0 Å². The second kappa shape index (κ2) is 9.60. The molecule has 1 unspecified atom stereocenters. The Labute approximate surface area is 173 Å². The summed E-state index contributed by atoms with van der Waals surface area (Å²) in [5.74, 6) is 0.133. The van der Waals surface area contributed by atoms with Crippen LogP contribution in [0.1, 0.15) is 54.2 Å². The first kappa shape index (κ1) is 21.6. The monoisotopic (exact) mass is 418 g/mol. The Balaban J connectivity index is 1.65. The number of halogens is 2. The molecule has 0 saturated heterocycles. The summed E-state index contributed by atoms with van der Waals surface area (Å²) in [6, 6.07) is 4.50. The van der Waals surface area contributed by atoms with Gasteiger partial charge in [-0.05, 0) is 49.9 Å². The lowest BCUT2D eigenvalue weighted by Crippen LogP contribution is -2.27. The van der Waals surface area contributed by atoms with E-state index in [1.807, 2.05) is 6.92 Å². The molecule has 0 spiro atoms. The van der Waals surface area contributed by atoms with Crippen LogP contribution in [0.25, 0.3) is 0 Å². The number of nitrogens with one attached hydrogen (secondary N) is 2. The number of hydrogen-bond donors (Lipinski definition) is 2. The zero-order chi connectivity index (χ0) is 21.7. The minimum atomic E-state index is -2.58. The van der Waals surface area contributed by atoms with Crippen LogP contribution in [0.2, 0.25) is 0 Å². The molecule has 0 bridgehead atoms. The van der Waals surface area contributed by atoms with Gasteiger partial charge in [-0.25, -0.2) is 18.7 Å². The summed E-state index contributed by atoms with van der Waals surface area (Å²) >= 11 is 0. The number of ether oxygens (including phenoxy) is 1. The molecule has 2 amide bonds. The van der Waals surface area contributed by atoms with Gasteiger partial charge in [0, 0.05) is 29.4 Å². The van der Waals surface area contributed by atoms with E-state index in [0.717, 1.165) is 18.4 Å². The third-order valence-corrected chi connectivity index (χ3v) is 4.74. The van der Waals surface area contributed by atoms with E-state index < -0.39 is 13.0 Å². The first-order valence-electron chi connectivity index (χ1n) is 9.85. The molecule has 2 aromatic rings. The van der Waals surface area contributed by atoms with Gasteiger partial charge in [0.25, 0.3) is 12.3 Å². The molecule has 2 heterocycles. The molecule has 1 saturated carbocycles. The van der Waals surface area contributed by atoms with E-state index in [4.69, 9.17) is 4.74 Å². The molecule has 2 N–H and O–H groups in total. The topological polar surface area (TPSA) is 93.2 Å². The smallest absolute Gasteiger partial charge is 0.272 e. The molecular weight excluding hydrogens is 394 g/mol. The van der Waals surface area contributed by atoms with Gasteiger partial charge < -0.3 is 15.4 Å². The number of carbonyl (C=O) groups excluding carboxylic acids is 2. The summed E-state index contributed by atoms with van der Waals surface area (Å²) in [5.41, 5.74) is 1.77. The summed E-state index contributed by atoms with van der Waals surface area (Å²) in [7, 11) is 0. The number of pyridine rings is 2. The highest BCUT2D eigenvalue weighted by molar-refractivity contribution is 5.97. The lowest BCUT2D eigenvalue weighted by Gasteiger charge is -2.17. The van der Waals surface area contributed by atoms with Crippen LogP contribution >= 0.6 is 0 Å². The number of hydrogen-bond acceptors (Lipinski definition) is 5. The maximum absolute atomic E-state index is 12.6. The summed E-state index contributed by atoms with van der Waals surface area (Å²) in [5, 5.41) is 5.59. The van der Waals surface area contributed by atoms with E-state index in [2.05, 4.69) is 20.6 Å². The van der Waals surface area contributed by atoms with Crippen molar-refractivity contribution in [1.29, 1.82) is 0 Å². The lowest BCUT2D eigenvalue weighted by molar-refractivity contribution is -0.117. The van der Waals surface area contributed by atoms with Gasteiger partial charge in [0.05, 0.1) is 6.04 Å². The second-order valence-corrected chi connectivity index (χ2v) is 7.18. The molecule has 7 nitrogen and oxygen atoms in total. The molecule has 0 radical (unpaired) electrons. The average Bonchev–Trinajstić information content (AvgIpc) is 3.57. The number of amides is 2. The predicted molar refractivity (Wildman–Crippen MR) is 107 cm³/mol. The summed E-state index contributed by atoms with van der Waals surface area (Å²) < 4.78 is 29.8. The molecule has 1 fully saturated rings. The number of nitrogens with zero attached hydrogens (tertiary/aromatic N) is 2. The molecule has 160 valence electrons. The number of aryl methyl sites for hydroxylation is 1. The number of rotatable bonds is 9. The van der Waals surface area contributed by atoms with Crippen LogP contribution in [0.15, 0.2) is 30.6 Å². The molecule has 0 aliphatic heterocycles. The van der Waals surface area contributed by atoms with Crippen molar-refractivity contribution in [2.75, 3.05) is 11.9 Å². The Morgan fingerprint density at radius 2 is 2.03 bits per heavy atom. The number of alkyl halides is 2. The maximum Gasteiger partial charge on any atom is 0.272 e. The Morgan fingerprint density at radius 3 is 2.70 bits per heavy atom. The molecule has 1 aliphatic carbocycles. The second-order valence-electron chi connectivity index (χ2n) is 7.18. The first-order valence-corrected chi connectivity index (χ1v) is 9.85. The van der Waals surface area contributed by atoms with Gasteiger partial charge in [0.15, 0.2) is 6.61 Å². The lowest BCUT2D eigenvalue weighted by atomic mass is 10.1. The van der Waals surface area contributed by atoms with Crippen LogP contribution in [-0.2, 0) is 11.2 Å². The van der Waals surface area contributed by atoms with Gasteiger partial charge in [0.2, 0.25) is 11.8 Å². The van der Waals surface area contributed by atoms with E-state index in [9.17, 15) is 18.4 Å². The Morgan fingerprint density at radius 1 is 1.27 bits per heavy atom. The van der Waals surface area contributed by atoms with Gasteiger partial charge in [-0.3, -0.25) is 9.59 Å². The molecule has 30 heavy (non-hydrogen) atoms. The van der Waals surface area contributed by atoms with Crippen LogP contribution < -0.4 is 15.4 Å². The minimum absolute atomic E-state index is 0.0391. The standard InChI is InChI=1S/C21H24F2N4O3/c1-3-13-8-16(10-25-21(13)30-11-17(22)23)12(2)26-20(29)15-6-7-24-18(9-15)27-19(28)14-4-5-14/h6-10,12,14,17H,3-5,11H2,1-2H3,(H,26,29)(H,24,27,28). The molecule has 9 heteroatoms. The van der Waals surface area contributed by atoms with Gasteiger partial charge >= 0.3 is 0 Å². The Kier molecular flexibility index (Phi) is 6.91. The van der Waals surface area contributed by atoms with Crippen LogP contribution in [0.3, 0.4) is 0 Å². The Hall–Kier alpha value is -3.10. The maximum atomic E-state index is 12.6. The fourth-order valence-electron chi connectivity index (χ4n) is 2.86. The van der Waals surface area contributed by atoms with Crippen LogP contribution in [0.4, 0.5) is 14.6 Å². The van der Waals surface area contributed by atoms with Gasteiger partial charge in [-0.2, -0.15) is 0 Å². The largest absolute Gasteiger partial charge is 0.471 e. The van der Waals surface area contributed by atoms with Gasteiger partial charge in [-0.1, -0.05) is 6.92 Å². The quantitative estimate of drug-likeness (QED) is 0.650. The highest BCUT2D eigenvalue weighted by atomic mass is 19.3. The van der Waals surface area contributed by atoms with Crippen LogP contribution in [-0.4, -0.2) is 34.8 Å². The highest BCUT2D eigenvalue weighted by Gasteiger charge is 2.29. The van der Waals surface area contributed by atoms with Crippen molar-refractivity contribution >= 4 is 17.6 Å². The normalized spacial score (nSPS) is 14.3. The van der Waals surface area contributed by atoms with Crippen molar-refractivity contribution in [3.05, 3.63) is 47.3 Å². The van der Waals surface area contributed by atoms with Crippen molar-refractivity contribution < 1.29 is 23.1 Å². The third-order valence-electron chi connectivity index (χ3n) is 4.74. The zero-order valence-electron chi connectivity index (χ0n) is 16.8. The molecule has 0 aromatic carbocycles. The Bertz CT molecular complexity index is 919. The molecule has 1 aliphatic rings. The molecule has 1 atom stereocenters. The highest BCUT2D eigenvalue weighted by Crippen LogP contribution is 2.30. The average molecular weight is 418 g/mol. The van der Waals surface area contributed by atoms with Crippen LogP contribution in [0.5, 0.6) is 5.88 Å². The van der Waals surface area contributed by atoms with E-state index in [-0.39, 0.29) is 29.7 Å². The van der Waals surface area contributed by atoms with Crippen molar-refractivity contribution in [1.82, 2.24) is 15.3 Å². The zero-order valence-corrected chi connectivity index (χ0v) is 16.8. The summed E-state index contributed by atoms with van der Waals surface area (Å²) in [6.45, 7) is 2.95. The van der Waals surface area contributed by atoms with E-state index in [1.54, 1.807) is 19.1 Å². The van der Waals surface area contributed by atoms with Gasteiger partial charge in [-0.15, -0.1) is 0 Å². The van der Waals surface area contributed by atoms with Crippen molar-refractivity contribution in [2.24, 2.45) is 5.92 Å². The molecule has 2 aromatic heterocycles. The summed E-state index contributed by atoms with van der Waals surface area (Å²) in [4.78, 5) is 32.7. The number of anilines is 1. The fraction of sp³-hybridized carbons (Fsp3) is 0.429. The van der Waals surface area contributed by atoms with Crippen molar-refractivity contribution in [3.63, 3.8) is 0 Å². The minimum Gasteiger partial charge on any atom is -0.471 e. The number of aromatic nitrogens is 2. The SMILES string of the molecule is CCc1cc(C(C)NC(=O)c2ccnc(NC(=O)C3CC3)c2)cnc1OCC(F)F. The predicted octanol–water partition coefficient (Wildman–Crippen LogP) is 3.52. The van der Waals surface area contributed by atoms with Crippen LogP contribution in [0, 0.1) is 5.92 Å². The van der Waals surface area contributed by atoms with E-state index in [1.165, 1.54) is 18.5 Å². The van der Waals surface area contributed by atoms with Crippen molar-refractivity contribution in [2.45, 2.75) is 45.6 Å². The third kappa shape index (κ3) is 5.71. The van der Waals surface area contributed by atoms with E-state index in [0.29, 0.717) is 23.4 Å². The fourth-order valence-corrected chi connectivity index (χ4v) is 2.86. The molecule has 3 rings (SSSR count). The van der Waals surface area contributed by atoms with Gasteiger partial charge in [0.1, 0.15) is 5.82 Å². The number of carbonyl (C=O) groups is 2.